The summed E-state index contributed by atoms with van der Waals surface area (Å²) in [5.74, 6) is 0.589. The lowest BCUT2D eigenvalue weighted by molar-refractivity contribution is -0.131. The highest BCUT2D eigenvalue weighted by Gasteiger charge is 2.27. The van der Waals surface area contributed by atoms with Crippen LogP contribution in [0, 0.1) is 0 Å². The van der Waals surface area contributed by atoms with Gasteiger partial charge in [0.1, 0.15) is 0 Å². The minimum Gasteiger partial charge on any atom is -0.355 e. The van der Waals surface area contributed by atoms with Gasteiger partial charge in [0.15, 0.2) is 11.5 Å². The molecular formula is C19H23N5O3. The zero-order chi connectivity index (χ0) is 18.6. The number of rotatable bonds is 4. The quantitative estimate of drug-likeness (QED) is 0.803. The number of amides is 2. The Morgan fingerprint density at radius 1 is 1.04 bits per heavy atom. The summed E-state index contributed by atoms with van der Waals surface area (Å²) >= 11 is 0. The van der Waals surface area contributed by atoms with Crippen LogP contribution in [0.2, 0.25) is 0 Å². The van der Waals surface area contributed by atoms with E-state index >= 15 is 0 Å². The molecule has 0 aliphatic carbocycles. The number of aromatic nitrogens is 2. The zero-order valence-corrected chi connectivity index (χ0v) is 15.2. The molecule has 142 valence electrons. The van der Waals surface area contributed by atoms with Crippen LogP contribution in [0.3, 0.4) is 0 Å². The van der Waals surface area contributed by atoms with Crippen molar-refractivity contribution in [3.05, 3.63) is 36.3 Å². The first-order valence-corrected chi connectivity index (χ1v) is 9.37. The van der Waals surface area contributed by atoms with Crippen molar-refractivity contribution in [2.24, 2.45) is 0 Å². The molecule has 0 aromatic carbocycles. The van der Waals surface area contributed by atoms with E-state index in [2.05, 4.69) is 15.0 Å². The van der Waals surface area contributed by atoms with Crippen molar-refractivity contribution in [1.82, 2.24) is 24.8 Å². The highest BCUT2D eigenvalue weighted by molar-refractivity contribution is 5.93. The first-order chi connectivity index (χ1) is 13.2. The molecule has 0 saturated carbocycles. The summed E-state index contributed by atoms with van der Waals surface area (Å²) in [6.45, 7) is 4.75. The number of likely N-dealkylation sites (tertiary alicyclic amines) is 1. The number of nitrogens with zero attached hydrogens (tertiary/aromatic N) is 5. The van der Waals surface area contributed by atoms with Crippen LogP contribution in [0.25, 0.3) is 11.3 Å². The average molecular weight is 369 g/mol. The number of hydrogen-bond donors (Lipinski definition) is 0. The predicted octanol–water partition coefficient (Wildman–Crippen LogP) is 1.12. The van der Waals surface area contributed by atoms with Gasteiger partial charge in [-0.15, -0.1) is 0 Å². The highest BCUT2D eigenvalue weighted by atomic mass is 16.5. The number of pyridine rings is 1. The van der Waals surface area contributed by atoms with Gasteiger partial charge in [0, 0.05) is 63.3 Å². The van der Waals surface area contributed by atoms with Gasteiger partial charge in [-0.2, -0.15) is 0 Å². The first kappa shape index (κ1) is 17.7. The van der Waals surface area contributed by atoms with E-state index in [0.717, 1.165) is 31.5 Å². The second kappa shape index (κ2) is 7.87. The standard InChI is InChI=1S/C19H23N5O3/c25-18(23-6-1-2-7-23)14-22-8-10-24(11-9-22)19(26)16-12-17(27-21-16)15-4-3-5-20-13-15/h3-5,12-13H,1-2,6-11,14H2. The van der Waals surface area contributed by atoms with Crippen molar-refractivity contribution >= 4 is 11.8 Å². The molecule has 4 heterocycles. The maximum Gasteiger partial charge on any atom is 0.276 e. The van der Waals surface area contributed by atoms with E-state index in [1.54, 1.807) is 23.4 Å². The third-order valence-corrected chi connectivity index (χ3v) is 5.15. The fourth-order valence-corrected chi connectivity index (χ4v) is 3.55. The largest absolute Gasteiger partial charge is 0.355 e. The van der Waals surface area contributed by atoms with Crippen LogP contribution in [0.5, 0.6) is 0 Å². The van der Waals surface area contributed by atoms with Crippen LogP contribution in [-0.2, 0) is 4.79 Å². The lowest BCUT2D eigenvalue weighted by atomic mass is 10.2. The monoisotopic (exact) mass is 369 g/mol. The van der Waals surface area contributed by atoms with Gasteiger partial charge in [0.25, 0.3) is 5.91 Å². The average Bonchev–Trinajstić information content (AvgIpc) is 3.41. The van der Waals surface area contributed by atoms with Gasteiger partial charge >= 0.3 is 0 Å². The summed E-state index contributed by atoms with van der Waals surface area (Å²) in [5, 5.41) is 3.92. The molecule has 0 spiro atoms. The molecule has 2 aromatic heterocycles. The number of piperazine rings is 1. The van der Waals surface area contributed by atoms with Crippen LogP contribution in [0.4, 0.5) is 0 Å². The van der Waals surface area contributed by atoms with Crippen molar-refractivity contribution < 1.29 is 14.1 Å². The Kier molecular flexibility index (Phi) is 5.15. The molecule has 2 saturated heterocycles. The summed E-state index contributed by atoms with van der Waals surface area (Å²) in [7, 11) is 0. The third-order valence-electron chi connectivity index (χ3n) is 5.15. The molecule has 0 unspecified atom stereocenters. The summed E-state index contributed by atoms with van der Waals surface area (Å²) in [6.07, 6.45) is 5.56. The van der Waals surface area contributed by atoms with Crippen molar-refractivity contribution in [3.63, 3.8) is 0 Å². The van der Waals surface area contributed by atoms with E-state index in [4.69, 9.17) is 4.52 Å². The lowest BCUT2D eigenvalue weighted by Gasteiger charge is -2.34. The predicted molar refractivity (Wildman–Crippen MR) is 97.9 cm³/mol. The summed E-state index contributed by atoms with van der Waals surface area (Å²) < 4.78 is 5.30. The third kappa shape index (κ3) is 4.00. The van der Waals surface area contributed by atoms with E-state index in [1.807, 2.05) is 17.0 Å². The minimum absolute atomic E-state index is 0.139. The summed E-state index contributed by atoms with van der Waals surface area (Å²) in [5.41, 5.74) is 1.09. The van der Waals surface area contributed by atoms with Crippen molar-refractivity contribution in [2.75, 3.05) is 45.8 Å². The van der Waals surface area contributed by atoms with Gasteiger partial charge in [0.05, 0.1) is 6.54 Å². The molecule has 2 aliphatic rings. The summed E-state index contributed by atoms with van der Waals surface area (Å²) in [6, 6.07) is 5.32. The highest BCUT2D eigenvalue weighted by Crippen LogP contribution is 2.20. The zero-order valence-electron chi connectivity index (χ0n) is 15.2. The molecule has 0 N–H and O–H groups in total. The first-order valence-electron chi connectivity index (χ1n) is 9.37. The number of carbonyl (C=O) groups is 2. The van der Waals surface area contributed by atoms with Gasteiger partial charge in [-0.25, -0.2) is 0 Å². The smallest absolute Gasteiger partial charge is 0.276 e. The van der Waals surface area contributed by atoms with E-state index in [9.17, 15) is 9.59 Å². The normalized spacial score (nSPS) is 18.1. The van der Waals surface area contributed by atoms with Crippen molar-refractivity contribution in [2.45, 2.75) is 12.8 Å². The van der Waals surface area contributed by atoms with E-state index in [-0.39, 0.29) is 11.8 Å². The molecule has 8 nitrogen and oxygen atoms in total. The van der Waals surface area contributed by atoms with Crippen LogP contribution in [0.1, 0.15) is 23.3 Å². The SMILES string of the molecule is O=C(CN1CCN(C(=O)c2cc(-c3cccnc3)on2)CC1)N1CCCC1. The molecule has 27 heavy (non-hydrogen) atoms. The van der Waals surface area contributed by atoms with Gasteiger partial charge in [-0.1, -0.05) is 5.16 Å². The van der Waals surface area contributed by atoms with E-state index in [0.29, 0.717) is 44.2 Å². The molecule has 0 radical (unpaired) electrons. The molecule has 8 heteroatoms. The Bertz CT molecular complexity index is 793. The second-order valence-electron chi connectivity index (χ2n) is 6.97. The van der Waals surface area contributed by atoms with Gasteiger partial charge in [-0.05, 0) is 25.0 Å². The lowest BCUT2D eigenvalue weighted by Crippen LogP contribution is -2.51. The van der Waals surface area contributed by atoms with Crippen molar-refractivity contribution in [3.8, 4) is 11.3 Å². The Morgan fingerprint density at radius 3 is 2.52 bits per heavy atom. The van der Waals surface area contributed by atoms with E-state index < -0.39 is 0 Å². The molecular weight excluding hydrogens is 346 g/mol. The van der Waals surface area contributed by atoms with Gasteiger partial charge < -0.3 is 14.3 Å². The Balaban J connectivity index is 1.31. The van der Waals surface area contributed by atoms with Crippen LogP contribution in [0.15, 0.2) is 35.1 Å². The fourth-order valence-electron chi connectivity index (χ4n) is 3.55. The molecule has 2 amide bonds. The van der Waals surface area contributed by atoms with Crippen molar-refractivity contribution in [1.29, 1.82) is 0 Å². The number of hydrogen-bond acceptors (Lipinski definition) is 6. The maximum absolute atomic E-state index is 12.7. The maximum atomic E-state index is 12.7. The molecule has 0 atom stereocenters. The van der Waals surface area contributed by atoms with Gasteiger partial charge in [-0.3, -0.25) is 19.5 Å². The molecule has 2 fully saturated rings. The Labute approximate surface area is 157 Å². The molecule has 0 bridgehead atoms. The molecule has 4 rings (SSSR count). The second-order valence-corrected chi connectivity index (χ2v) is 6.97. The van der Waals surface area contributed by atoms with E-state index in [1.165, 1.54) is 0 Å². The van der Waals surface area contributed by atoms with Gasteiger partial charge in [0.2, 0.25) is 5.91 Å². The summed E-state index contributed by atoms with van der Waals surface area (Å²) in [4.78, 5) is 34.8. The Hall–Kier alpha value is -2.74. The topological polar surface area (TPSA) is 82.8 Å². The van der Waals surface area contributed by atoms with Crippen LogP contribution < -0.4 is 0 Å². The Morgan fingerprint density at radius 2 is 1.81 bits per heavy atom. The minimum atomic E-state index is -0.139. The molecule has 2 aromatic rings. The number of carbonyl (C=O) groups excluding carboxylic acids is 2. The van der Waals surface area contributed by atoms with Crippen LogP contribution >= 0.6 is 0 Å². The fraction of sp³-hybridized carbons (Fsp3) is 0.474. The molecule has 2 aliphatic heterocycles. The van der Waals surface area contributed by atoms with Crippen LogP contribution in [-0.4, -0.2) is 82.5 Å².